The number of thiazole rings is 1. The van der Waals surface area contributed by atoms with E-state index >= 15 is 0 Å². The van der Waals surface area contributed by atoms with E-state index in [1.54, 1.807) is 0 Å². The second-order valence-electron chi connectivity index (χ2n) is 5.11. The third kappa shape index (κ3) is 2.69. The van der Waals surface area contributed by atoms with Crippen LogP contribution >= 0.6 is 11.3 Å². The van der Waals surface area contributed by atoms with Crippen molar-refractivity contribution in [2.24, 2.45) is 0 Å². The minimum Gasteiger partial charge on any atom is -0.226 e. The van der Waals surface area contributed by atoms with E-state index in [9.17, 15) is 0 Å². The summed E-state index contributed by atoms with van der Waals surface area (Å²) in [6, 6.07) is 10.8. The molecule has 2 aromatic rings. The largest absolute Gasteiger partial charge is 0.226 e. The summed E-state index contributed by atoms with van der Waals surface area (Å²) in [6.07, 6.45) is 6.78. The number of rotatable bonds is 2. The maximum absolute atomic E-state index is 8.81. The van der Waals surface area contributed by atoms with Gasteiger partial charge < -0.3 is 0 Å². The first kappa shape index (κ1) is 12.4. The average Bonchev–Trinajstić information content (AvgIpc) is 2.97. The molecule has 3 rings (SSSR count). The van der Waals surface area contributed by atoms with Gasteiger partial charge in [-0.15, -0.1) is 11.3 Å². The van der Waals surface area contributed by atoms with E-state index in [2.05, 4.69) is 35.3 Å². The van der Waals surface area contributed by atoms with Crippen LogP contribution in [0.5, 0.6) is 0 Å². The molecule has 1 aromatic heterocycles. The van der Waals surface area contributed by atoms with E-state index in [4.69, 9.17) is 5.26 Å². The number of nitrogens with zero attached hydrogens (tertiary/aromatic N) is 2. The number of hydrogen-bond acceptors (Lipinski definition) is 3. The van der Waals surface area contributed by atoms with Crippen molar-refractivity contribution in [3.63, 3.8) is 0 Å². The first-order chi connectivity index (χ1) is 9.36. The molecule has 3 heteroatoms. The Morgan fingerprint density at radius 1 is 1.11 bits per heavy atom. The van der Waals surface area contributed by atoms with Gasteiger partial charge in [-0.05, 0) is 24.3 Å². The molecule has 0 radical (unpaired) electrons. The Labute approximate surface area is 117 Å². The van der Waals surface area contributed by atoms with Crippen LogP contribution in [0.2, 0.25) is 0 Å². The Hall–Kier alpha value is -1.66. The second kappa shape index (κ2) is 5.54. The summed E-state index contributed by atoms with van der Waals surface area (Å²) in [5.74, 6) is 0.743. The Bertz CT molecular complexity index is 586. The van der Waals surface area contributed by atoms with E-state index in [1.807, 2.05) is 5.38 Å². The fourth-order valence-corrected chi connectivity index (χ4v) is 3.44. The predicted molar refractivity (Wildman–Crippen MR) is 78.1 cm³/mol. The van der Waals surface area contributed by atoms with E-state index in [0.29, 0.717) is 5.01 Å². The maximum Gasteiger partial charge on any atom is 0.194 e. The monoisotopic (exact) mass is 268 g/mol. The molecule has 1 aromatic carbocycles. The molecule has 1 aliphatic rings. The molecule has 0 spiro atoms. The summed E-state index contributed by atoms with van der Waals surface area (Å²) in [4.78, 5) is 4.30. The van der Waals surface area contributed by atoms with Crippen molar-refractivity contribution in [2.75, 3.05) is 0 Å². The molecule has 0 N–H and O–H groups in total. The summed E-state index contributed by atoms with van der Waals surface area (Å²) < 4.78 is 0. The summed E-state index contributed by atoms with van der Waals surface area (Å²) in [5.41, 5.74) is 3.48. The molecule has 0 saturated heterocycles. The van der Waals surface area contributed by atoms with Gasteiger partial charge in [0.2, 0.25) is 0 Å². The summed E-state index contributed by atoms with van der Waals surface area (Å²) in [7, 11) is 0. The lowest BCUT2D eigenvalue weighted by molar-refractivity contribution is 0.443. The summed E-state index contributed by atoms with van der Waals surface area (Å²) in [5, 5.41) is 11.3. The average molecular weight is 268 g/mol. The van der Waals surface area contributed by atoms with Crippen molar-refractivity contribution in [3.8, 4) is 17.3 Å². The highest BCUT2D eigenvalue weighted by Gasteiger charge is 2.15. The highest BCUT2D eigenvalue weighted by molar-refractivity contribution is 7.10. The molecule has 0 aliphatic heterocycles. The molecule has 1 aliphatic carbocycles. The van der Waals surface area contributed by atoms with Crippen molar-refractivity contribution in [1.82, 2.24) is 4.98 Å². The van der Waals surface area contributed by atoms with E-state index < -0.39 is 0 Å². The third-order valence-electron chi connectivity index (χ3n) is 3.88. The number of aromatic nitrogens is 1. The molecule has 96 valence electrons. The van der Waals surface area contributed by atoms with Crippen molar-refractivity contribution in [1.29, 1.82) is 5.26 Å². The summed E-state index contributed by atoms with van der Waals surface area (Å²) in [6.45, 7) is 0. The van der Waals surface area contributed by atoms with Crippen LogP contribution in [-0.2, 0) is 0 Å². The Kier molecular flexibility index (Phi) is 3.61. The van der Waals surface area contributed by atoms with Crippen LogP contribution in [0, 0.1) is 11.3 Å². The molecule has 0 amide bonds. The highest BCUT2D eigenvalue weighted by atomic mass is 32.1. The van der Waals surface area contributed by atoms with Crippen LogP contribution in [0.1, 0.15) is 48.6 Å². The molecular weight excluding hydrogens is 252 g/mol. The minimum absolute atomic E-state index is 0.534. The quantitative estimate of drug-likeness (QED) is 0.789. The standard InChI is InChI=1S/C16H16N2S/c17-10-16-18-15(11-19-16)14-8-6-13(7-9-14)12-4-2-1-3-5-12/h6-9,11-12H,1-5H2. The molecule has 0 bridgehead atoms. The SMILES string of the molecule is N#Cc1nc(-c2ccc(C3CCCCC3)cc2)cs1. The molecule has 0 unspecified atom stereocenters. The molecule has 1 heterocycles. The normalized spacial score (nSPS) is 16.2. The van der Waals surface area contributed by atoms with Gasteiger partial charge in [-0.2, -0.15) is 5.26 Å². The zero-order chi connectivity index (χ0) is 13.1. The molecule has 19 heavy (non-hydrogen) atoms. The zero-order valence-electron chi connectivity index (χ0n) is 10.8. The lowest BCUT2D eigenvalue weighted by Crippen LogP contribution is -2.04. The van der Waals surface area contributed by atoms with Gasteiger partial charge in [0, 0.05) is 10.9 Å². The molecule has 0 atom stereocenters. The van der Waals surface area contributed by atoms with Crippen LogP contribution in [0.4, 0.5) is 0 Å². The smallest absolute Gasteiger partial charge is 0.194 e. The van der Waals surface area contributed by atoms with Gasteiger partial charge in [-0.3, -0.25) is 0 Å². The van der Waals surface area contributed by atoms with Gasteiger partial charge in [0.25, 0.3) is 0 Å². The molecule has 1 fully saturated rings. The van der Waals surface area contributed by atoms with E-state index in [-0.39, 0.29) is 0 Å². The van der Waals surface area contributed by atoms with E-state index in [1.165, 1.54) is 49.0 Å². The molecule has 2 nitrogen and oxygen atoms in total. The predicted octanol–water partition coefficient (Wildman–Crippen LogP) is 4.73. The van der Waals surface area contributed by atoms with Crippen LogP contribution < -0.4 is 0 Å². The van der Waals surface area contributed by atoms with E-state index in [0.717, 1.165) is 17.2 Å². The van der Waals surface area contributed by atoms with Gasteiger partial charge in [0.05, 0.1) is 5.69 Å². The van der Waals surface area contributed by atoms with Gasteiger partial charge in [-0.1, -0.05) is 43.5 Å². The molecular formula is C16H16N2S. The van der Waals surface area contributed by atoms with Crippen molar-refractivity contribution in [3.05, 3.63) is 40.2 Å². The lowest BCUT2D eigenvalue weighted by atomic mass is 9.84. The molecule has 1 saturated carbocycles. The number of benzene rings is 1. The van der Waals surface area contributed by atoms with Gasteiger partial charge in [0.1, 0.15) is 6.07 Å². The topological polar surface area (TPSA) is 36.7 Å². The lowest BCUT2D eigenvalue weighted by Gasteiger charge is -2.21. The summed E-state index contributed by atoms with van der Waals surface area (Å²) >= 11 is 1.40. The van der Waals surface area contributed by atoms with Gasteiger partial charge >= 0.3 is 0 Å². The van der Waals surface area contributed by atoms with Crippen molar-refractivity contribution in [2.45, 2.75) is 38.0 Å². The number of nitriles is 1. The Morgan fingerprint density at radius 3 is 2.47 bits per heavy atom. The van der Waals surface area contributed by atoms with Crippen LogP contribution in [0.3, 0.4) is 0 Å². The van der Waals surface area contributed by atoms with Gasteiger partial charge in [0.15, 0.2) is 5.01 Å². The Balaban J connectivity index is 1.80. The second-order valence-corrected chi connectivity index (χ2v) is 5.96. The van der Waals surface area contributed by atoms with Crippen LogP contribution in [-0.4, -0.2) is 4.98 Å². The number of hydrogen-bond donors (Lipinski definition) is 0. The maximum atomic E-state index is 8.81. The van der Waals surface area contributed by atoms with Crippen molar-refractivity contribution < 1.29 is 0 Å². The van der Waals surface area contributed by atoms with Crippen LogP contribution in [0.25, 0.3) is 11.3 Å². The Morgan fingerprint density at radius 2 is 1.84 bits per heavy atom. The fraction of sp³-hybridized carbons (Fsp3) is 0.375. The first-order valence-electron chi connectivity index (χ1n) is 6.83. The third-order valence-corrected chi connectivity index (χ3v) is 4.63. The fourth-order valence-electron chi connectivity index (χ4n) is 2.82. The zero-order valence-corrected chi connectivity index (χ0v) is 11.6. The highest BCUT2D eigenvalue weighted by Crippen LogP contribution is 2.33. The minimum atomic E-state index is 0.534. The van der Waals surface area contributed by atoms with Crippen molar-refractivity contribution >= 4 is 11.3 Å². The van der Waals surface area contributed by atoms with Crippen LogP contribution in [0.15, 0.2) is 29.6 Å². The van der Waals surface area contributed by atoms with Gasteiger partial charge in [-0.25, -0.2) is 4.98 Å². The first-order valence-corrected chi connectivity index (χ1v) is 7.71.